The molecule has 0 aliphatic rings. The Balaban J connectivity index is 2.93. The van der Waals surface area contributed by atoms with E-state index in [1.807, 2.05) is 6.07 Å². The second-order valence-electron chi connectivity index (χ2n) is 3.88. The number of nitrogens with zero attached hydrogens (tertiary/aromatic N) is 1. The Morgan fingerprint density at radius 1 is 1.65 bits per heavy atom. The summed E-state index contributed by atoms with van der Waals surface area (Å²) in [7, 11) is 0. The van der Waals surface area contributed by atoms with Gasteiger partial charge >= 0.3 is 0 Å². The van der Waals surface area contributed by atoms with Gasteiger partial charge in [0.2, 0.25) is 5.91 Å². The normalized spacial score (nSPS) is 13.6. The van der Waals surface area contributed by atoms with E-state index in [-0.39, 0.29) is 10.7 Å². The van der Waals surface area contributed by atoms with Gasteiger partial charge in [-0.1, -0.05) is 18.5 Å². The highest BCUT2D eigenvalue weighted by atomic mass is 35.5. The molecule has 90 valence electrons. The van der Waals surface area contributed by atoms with E-state index in [2.05, 4.69) is 5.32 Å². The molecule has 1 N–H and O–H groups in total. The number of nitriles is 1. The fraction of sp³-hybridized carbons (Fsp3) is 0.333. The Morgan fingerprint density at radius 2 is 2.29 bits per heavy atom. The third kappa shape index (κ3) is 2.95. The predicted octanol–water partition coefficient (Wildman–Crippen LogP) is 3.36. The van der Waals surface area contributed by atoms with Crippen LogP contribution in [0.2, 0.25) is 5.02 Å². The van der Waals surface area contributed by atoms with Gasteiger partial charge in [-0.2, -0.15) is 5.26 Å². The van der Waals surface area contributed by atoms with Gasteiger partial charge in [-0.25, -0.2) is 4.39 Å². The average molecular weight is 255 g/mol. The van der Waals surface area contributed by atoms with E-state index in [0.29, 0.717) is 6.42 Å². The summed E-state index contributed by atoms with van der Waals surface area (Å²) >= 11 is 5.59. The van der Waals surface area contributed by atoms with Crippen molar-refractivity contribution in [2.75, 3.05) is 5.32 Å². The van der Waals surface area contributed by atoms with Gasteiger partial charge in [0.15, 0.2) is 0 Å². The Kier molecular flexibility index (Phi) is 4.08. The van der Waals surface area contributed by atoms with E-state index < -0.39 is 17.1 Å². The number of hydrogen-bond donors (Lipinski definition) is 1. The van der Waals surface area contributed by atoms with Crippen molar-refractivity contribution in [1.82, 2.24) is 0 Å². The van der Waals surface area contributed by atoms with E-state index in [1.54, 1.807) is 6.92 Å². The number of rotatable bonds is 3. The minimum absolute atomic E-state index is 0.0225. The van der Waals surface area contributed by atoms with Gasteiger partial charge in [-0.15, -0.1) is 0 Å². The van der Waals surface area contributed by atoms with Crippen LogP contribution in [0.15, 0.2) is 18.2 Å². The van der Waals surface area contributed by atoms with Crippen LogP contribution in [0.4, 0.5) is 10.1 Å². The molecule has 1 aromatic rings. The first-order chi connectivity index (χ1) is 7.92. The molecule has 0 spiro atoms. The first kappa shape index (κ1) is 13.5. The van der Waals surface area contributed by atoms with Crippen LogP contribution in [0.5, 0.6) is 0 Å². The Morgan fingerprint density at radius 3 is 2.76 bits per heavy atom. The van der Waals surface area contributed by atoms with Crippen LogP contribution in [0, 0.1) is 22.6 Å². The average Bonchev–Trinajstić information content (AvgIpc) is 2.31. The minimum atomic E-state index is -1.16. The van der Waals surface area contributed by atoms with Crippen LogP contribution in [-0.2, 0) is 4.79 Å². The van der Waals surface area contributed by atoms with Crippen molar-refractivity contribution in [2.45, 2.75) is 20.3 Å². The summed E-state index contributed by atoms with van der Waals surface area (Å²) in [4.78, 5) is 11.8. The lowest BCUT2D eigenvalue weighted by atomic mass is 9.88. The number of hydrogen-bond acceptors (Lipinski definition) is 2. The highest BCUT2D eigenvalue weighted by molar-refractivity contribution is 6.30. The summed E-state index contributed by atoms with van der Waals surface area (Å²) in [5.74, 6) is -1.15. The maximum absolute atomic E-state index is 13.4. The quantitative estimate of drug-likeness (QED) is 0.899. The standard InChI is InChI=1S/C12H12ClFN2O/c1-3-12(2,7-15)11(17)16-10-5-4-8(13)6-9(10)14/h4-6H,3H2,1-2H3,(H,16,17). The molecule has 1 atom stereocenters. The summed E-state index contributed by atoms with van der Waals surface area (Å²) in [5, 5.41) is 11.6. The maximum Gasteiger partial charge on any atom is 0.244 e. The summed E-state index contributed by atoms with van der Waals surface area (Å²) in [6.07, 6.45) is 0.352. The van der Waals surface area contributed by atoms with Gasteiger partial charge in [0, 0.05) is 5.02 Å². The largest absolute Gasteiger partial charge is 0.322 e. The summed E-state index contributed by atoms with van der Waals surface area (Å²) < 4.78 is 13.4. The second kappa shape index (κ2) is 5.15. The van der Waals surface area contributed by atoms with Crippen molar-refractivity contribution in [3.05, 3.63) is 29.0 Å². The number of carbonyl (C=O) groups excluding carboxylic acids is 1. The number of benzene rings is 1. The topological polar surface area (TPSA) is 52.9 Å². The smallest absolute Gasteiger partial charge is 0.244 e. The van der Waals surface area contributed by atoms with Gasteiger partial charge in [0.25, 0.3) is 0 Å². The monoisotopic (exact) mass is 254 g/mol. The number of amides is 1. The number of halogens is 2. The van der Waals surface area contributed by atoms with Gasteiger partial charge in [0.1, 0.15) is 11.2 Å². The molecule has 0 aromatic heterocycles. The predicted molar refractivity (Wildman–Crippen MR) is 64.1 cm³/mol. The third-order valence-corrected chi connectivity index (χ3v) is 2.87. The van der Waals surface area contributed by atoms with Crippen molar-refractivity contribution in [3.8, 4) is 6.07 Å². The van der Waals surface area contributed by atoms with E-state index in [4.69, 9.17) is 16.9 Å². The molecule has 0 saturated heterocycles. The molecule has 0 fully saturated rings. The summed E-state index contributed by atoms with van der Waals surface area (Å²) in [6, 6.07) is 5.85. The second-order valence-corrected chi connectivity index (χ2v) is 4.31. The van der Waals surface area contributed by atoms with E-state index >= 15 is 0 Å². The van der Waals surface area contributed by atoms with E-state index in [9.17, 15) is 9.18 Å². The molecular weight excluding hydrogens is 243 g/mol. The molecule has 1 unspecified atom stereocenters. The van der Waals surface area contributed by atoms with Crippen LogP contribution in [0.3, 0.4) is 0 Å². The maximum atomic E-state index is 13.4. The van der Waals surface area contributed by atoms with Crippen LogP contribution < -0.4 is 5.32 Å². The minimum Gasteiger partial charge on any atom is -0.322 e. The van der Waals surface area contributed by atoms with Gasteiger partial charge < -0.3 is 5.32 Å². The lowest BCUT2D eigenvalue weighted by Gasteiger charge is -2.18. The zero-order valence-corrected chi connectivity index (χ0v) is 10.3. The molecule has 0 bridgehead atoms. The van der Waals surface area contributed by atoms with E-state index in [1.165, 1.54) is 19.1 Å². The fourth-order valence-electron chi connectivity index (χ4n) is 1.14. The molecule has 0 heterocycles. The first-order valence-electron chi connectivity index (χ1n) is 5.10. The molecule has 5 heteroatoms. The zero-order valence-electron chi connectivity index (χ0n) is 9.55. The van der Waals surface area contributed by atoms with Crippen LogP contribution in [0.25, 0.3) is 0 Å². The Bertz CT molecular complexity index is 484. The van der Waals surface area contributed by atoms with Gasteiger partial charge in [-0.05, 0) is 31.5 Å². The summed E-state index contributed by atoms with van der Waals surface area (Å²) in [6.45, 7) is 3.23. The van der Waals surface area contributed by atoms with Gasteiger partial charge in [0.05, 0.1) is 11.8 Å². The Hall–Kier alpha value is -1.60. The highest BCUT2D eigenvalue weighted by Crippen LogP contribution is 2.24. The number of anilines is 1. The zero-order chi connectivity index (χ0) is 13.1. The molecule has 0 saturated carbocycles. The van der Waals surface area contributed by atoms with Crippen molar-refractivity contribution in [1.29, 1.82) is 5.26 Å². The molecule has 0 radical (unpaired) electrons. The lowest BCUT2D eigenvalue weighted by molar-refractivity contribution is -0.122. The van der Waals surface area contributed by atoms with Crippen molar-refractivity contribution in [2.24, 2.45) is 5.41 Å². The molecular formula is C12H12ClFN2O. The van der Waals surface area contributed by atoms with Crippen molar-refractivity contribution in [3.63, 3.8) is 0 Å². The molecule has 1 rings (SSSR count). The number of nitrogens with one attached hydrogen (secondary N) is 1. The molecule has 0 aliphatic heterocycles. The molecule has 1 amide bonds. The number of carbonyl (C=O) groups is 1. The first-order valence-corrected chi connectivity index (χ1v) is 5.48. The molecule has 0 aliphatic carbocycles. The van der Waals surface area contributed by atoms with E-state index in [0.717, 1.165) is 6.07 Å². The third-order valence-electron chi connectivity index (χ3n) is 2.63. The van der Waals surface area contributed by atoms with Gasteiger partial charge in [-0.3, -0.25) is 4.79 Å². The molecule has 17 heavy (non-hydrogen) atoms. The highest BCUT2D eigenvalue weighted by Gasteiger charge is 2.31. The Labute approximate surface area is 104 Å². The fourth-order valence-corrected chi connectivity index (χ4v) is 1.30. The molecule has 1 aromatic carbocycles. The van der Waals surface area contributed by atoms with Crippen molar-refractivity contribution >= 4 is 23.2 Å². The SMILES string of the molecule is CCC(C)(C#N)C(=O)Nc1ccc(Cl)cc1F. The van der Waals surface area contributed by atoms with Crippen molar-refractivity contribution < 1.29 is 9.18 Å². The van der Waals surface area contributed by atoms with Crippen LogP contribution >= 0.6 is 11.6 Å². The molecule has 3 nitrogen and oxygen atoms in total. The summed E-state index contributed by atoms with van der Waals surface area (Å²) in [5.41, 5.74) is -1.14. The van der Waals surface area contributed by atoms with Crippen LogP contribution in [-0.4, -0.2) is 5.91 Å². The van der Waals surface area contributed by atoms with Crippen LogP contribution in [0.1, 0.15) is 20.3 Å². The lowest BCUT2D eigenvalue weighted by Crippen LogP contribution is -2.31.